The lowest BCUT2D eigenvalue weighted by atomic mass is 10.2. The molecule has 0 bridgehead atoms. The Bertz CT molecular complexity index is 803. The molecular formula is C19H24N2O4S. The maximum atomic E-state index is 12.1. The van der Waals surface area contributed by atoms with Crippen LogP contribution in [0.5, 0.6) is 5.75 Å². The van der Waals surface area contributed by atoms with Gasteiger partial charge in [0.2, 0.25) is 10.0 Å². The molecular weight excluding hydrogens is 352 g/mol. The zero-order valence-corrected chi connectivity index (χ0v) is 15.8. The first-order chi connectivity index (χ1) is 12.4. The largest absolute Gasteiger partial charge is 0.494 e. The van der Waals surface area contributed by atoms with Crippen LogP contribution in [0.1, 0.15) is 30.6 Å². The average molecular weight is 376 g/mol. The van der Waals surface area contributed by atoms with Crippen LogP contribution in [-0.4, -0.2) is 33.5 Å². The van der Waals surface area contributed by atoms with Crippen LogP contribution in [-0.2, 0) is 10.0 Å². The van der Waals surface area contributed by atoms with Gasteiger partial charge in [-0.1, -0.05) is 18.2 Å². The molecule has 0 aromatic heterocycles. The molecule has 0 spiro atoms. The maximum Gasteiger partial charge on any atom is 0.251 e. The van der Waals surface area contributed by atoms with E-state index in [1.807, 2.05) is 30.3 Å². The summed E-state index contributed by atoms with van der Waals surface area (Å²) in [5.74, 6) is 0.552. The summed E-state index contributed by atoms with van der Waals surface area (Å²) < 4.78 is 32.2. The summed E-state index contributed by atoms with van der Waals surface area (Å²) >= 11 is 0. The fourth-order valence-electron chi connectivity index (χ4n) is 2.25. The Labute approximate surface area is 154 Å². The Morgan fingerprint density at radius 1 is 1.04 bits per heavy atom. The monoisotopic (exact) mass is 376 g/mol. The fourth-order valence-corrected chi connectivity index (χ4v) is 3.50. The molecule has 0 saturated carbocycles. The maximum absolute atomic E-state index is 12.1. The standard InChI is InChI=1S/C19H24N2O4S/c1-15(2)21-26(23,24)18-11-9-16(10-12-18)19(22)20-13-6-14-25-17-7-4-3-5-8-17/h3-5,7-12,15,21H,6,13-14H2,1-2H3,(H,20,22). The third kappa shape index (κ3) is 6.16. The molecule has 6 nitrogen and oxygen atoms in total. The number of benzene rings is 2. The van der Waals surface area contributed by atoms with Gasteiger partial charge in [0.1, 0.15) is 5.75 Å². The van der Waals surface area contributed by atoms with Crippen LogP contribution < -0.4 is 14.8 Å². The van der Waals surface area contributed by atoms with E-state index in [-0.39, 0.29) is 16.8 Å². The molecule has 1 amide bonds. The van der Waals surface area contributed by atoms with Crippen LogP contribution in [0.2, 0.25) is 0 Å². The molecule has 0 atom stereocenters. The number of rotatable bonds is 9. The van der Waals surface area contributed by atoms with E-state index in [4.69, 9.17) is 4.74 Å². The highest BCUT2D eigenvalue weighted by Gasteiger charge is 2.15. The van der Waals surface area contributed by atoms with E-state index >= 15 is 0 Å². The van der Waals surface area contributed by atoms with Crippen molar-refractivity contribution >= 4 is 15.9 Å². The van der Waals surface area contributed by atoms with Crippen molar-refractivity contribution in [3.63, 3.8) is 0 Å². The van der Waals surface area contributed by atoms with E-state index in [9.17, 15) is 13.2 Å². The van der Waals surface area contributed by atoms with Crippen LogP contribution >= 0.6 is 0 Å². The fraction of sp³-hybridized carbons (Fsp3) is 0.316. The number of para-hydroxylation sites is 1. The van der Waals surface area contributed by atoms with E-state index in [0.29, 0.717) is 25.1 Å². The van der Waals surface area contributed by atoms with Gasteiger partial charge in [-0.15, -0.1) is 0 Å². The van der Waals surface area contributed by atoms with Crippen LogP contribution in [0, 0.1) is 0 Å². The number of sulfonamides is 1. The second-order valence-corrected chi connectivity index (χ2v) is 7.79. The summed E-state index contributed by atoms with van der Waals surface area (Å²) in [4.78, 5) is 12.2. The molecule has 0 aliphatic rings. The summed E-state index contributed by atoms with van der Waals surface area (Å²) in [6.45, 7) is 4.48. The average Bonchev–Trinajstić information content (AvgIpc) is 2.61. The van der Waals surface area contributed by atoms with Crippen LogP contribution in [0.25, 0.3) is 0 Å². The predicted octanol–water partition coefficient (Wildman–Crippen LogP) is 2.57. The second kappa shape index (κ2) is 9.35. The zero-order valence-electron chi connectivity index (χ0n) is 14.9. The van der Waals surface area contributed by atoms with Gasteiger partial charge in [0.15, 0.2) is 0 Å². The van der Waals surface area contributed by atoms with Gasteiger partial charge in [0, 0.05) is 18.2 Å². The van der Waals surface area contributed by atoms with E-state index in [1.165, 1.54) is 24.3 Å². The molecule has 0 aliphatic carbocycles. The van der Waals surface area contributed by atoms with Gasteiger partial charge in [0.25, 0.3) is 5.91 Å². The summed E-state index contributed by atoms with van der Waals surface area (Å²) in [6.07, 6.45) is 0.672. The van der Waals surface area contributed by atoms with Crippen LogP contribution in [0.4, 0.5) is 0 Å². The van der Waals surface area contributed by atoms with Gasteiger partial charge in [0.05, 0.1) is 11.5 Å². The first-order valence-corrected chi connectivity index (χ1v) is 9.95. The lowest BCUT2D eigenvalue weighted by molar-refractivity contribution is 0.0951. The summed E-state index contributed by atoms with van der Waals surface area (Å²) in [6, 6.07) is 15.1. The highest BCUT2D eigenvalue weighted by Crippen LogP contribution is 2.11. The number of carbonyl (C=O) groups excluding carboxylic acids is 1. The van der Waals surface area contributed by atoms with Crippen molar-refractivity contribution in [1.82, 2.24) is 10.0 Å². The Morgan fingerprint density at radius 2 is 1.69 bits per heavy atom. The van der Waals surface area contributed by atoms with Crippen LogP contribution in [0.3, 0.4) is 0 Å². The molecule has 2 aromatic carbocycles. The van der Waals surface area contributed by atoms with Gasteiger partial charge in [-0.3, -0.25) is 4.79 Å². The topological polar surface area (TPSA) is 84.5 Å². The van der Waals surface area contributed by atoms with Crippen molar-refractivity contribution < 1.29 is 17.9 Å². The highest BCUT2D eigenvalue weighted by atomic mass is 32.2. The Hall–Kier alpha value is -2.38. The Kier molecular flexibility index (Phi) is 7.17. The lowest BCUT2D eigenvalue weighted by Crippen LogP contribution is -2.30. The van der Waals surface area contributed by atoms with Crippen molar-refractivity contribution in [1.29, 1.82) is 0 Å². The van der Waals surface area contributed by atoms with Crippen molar-refractivity contribution in [3.05, 3.63) is 60.2 Å². The minimum Gasteiger partial charge on any atom is -0.494 e. The van der Waals surface area contributed by atoms with Gasteiger partial charge >= 0.3 is 0 Å². The minimum absolute atomic E-state index is 0.138. The van der Waals surface area contributed by atoms with E-state index in [0.717, 1.165) is 5.75 Å². The van der Waals surface area contributed by atoms with Crippen molar-refractivity contribution in [2.75, 3.05) is 13.2 Å². The number of hydrogen-bond acceptors (Lipinski definition) is 4. The smallest absolute Gasteiger partial charge is 0.251 e. The second-order valence-electron chi connectivity index (χ2n) is 6.07. The van der Waals surface area contributed by atoms with Crippen molar-refractivity contribution in [2.45, 2.75) is 31.2 Å². The first-order valence-electron chi connectivity index (χ1n) is 8.47. The number of ether oxygens (including phenoxy) is 1. The molecule has 2 aromatic rings. The molecule has 0 aliphatic heterocycles. The third-order valence-electron chi connectivity index (χ3n) is 3.44. The van der Waals surface area contributed by atoms with Crippen molar-refractivity contribution in [3.8, 4) is 5.75 Å². The van der Waals surface area contributed by atoms with Gasteiger partial charge in [-0.05, 0) is 56.7 Å². The zero-order chi connectivity index (χ0) is 19.0. The lowest BCUT2D eigenvalue weighted by Gasteiger charge is -2.10. The normalized spacial score (nSPS) is 11.3. The molecule has 2 N–H and O–H groups in total. The number of carbonyl (C=O) groups is 1. The minimum atomic E-state index is -3.55. The number of nitrogens with one attached hydrogen (secondary N) is 2. The van der Waals surface area contributed by atoms with E-state index < -0.39 is 10.0 Å². The molecule has 0 radical (unpaired) electrons. The SMILES string of the molecule is CC(C)NS(=O)(=O)c1ccc(C(=O)NCCCOc2ccccc2)cc1. The molecule has 0 saturated heterocycles. The molecule has 140 valence electrons. The third-order valence-corrected chi connectivity index (χ3v) is 5.11. The first kappa shape index (κ1) is 19.9. The molecule has 0 fully saturated rings. The van der Waals surface area contributed by atoms with Gasteiger partial charge in [-0.25, -0.2) is 13.1 Å². The summed E-state index contributed by atoms with van der Waals surface area (Å²) in [7, 11) is -3.55. The highest BCUT2D eigenvalue weighted by molar-refractivity contribution is 7.89. The van der Waals surface area contributed by atoms with Crippen molar-refractivity contribution in [2.24, 2.45) is 0 Å². The molecule has 26 heavy (non-hydrogen) atoms. The molecule has 7 heteroatoms. The Balaban J connectivity index is 1.79. The van der Waals surface area contributed by atoms with E-state index in [1.54, 1.807) is 13.8 Å². The van der Waals surface area contributed by atoms with Crippen LogP contribution in [0.15, 0.2) is 59.5 Å². The van der Waals surface area contributed by atoms with Gasteiger partial charge in [-0.2, -0.15) is 0 Å². The number of amides is 1. The molecule has 0 unspecified atom stereocenters. The Morgan fingerprint density at radius 3 is 2.31 bits per heavy atom. The predicted molar refractivity (Wildman–Crippen MR) is 101 cm³/mol. The number of hydrogen-bond donors (Lipinski definition) is 2. The quantitative estimate of drug-likeness (QED) is 0.659. The summed E-state index contributed by atoms with van der Waals surface area (Å²) in [5, 5.41) is 2.79. The van der Waals surface area contributed by atoms with E-state index in [2.05, 4.69) is 10.0 Å². The van der Waals surface area contributed by atoms with Gasteiger partial charge < -0.3 is 10.1 Å². The molecule has 2 rings (SSSR count). The molecule has 0 heterocycles. The summed E-state index contributed by atoms with van der Waals surface area (Å²) in [5.41, 5.74) is 0.414.